The molecule has 0 radical (unpaired) electrons. The first-order valence-corrected chi connectivity index (χ1v) is 9.87. The van der Waals surface area contributed by atoms with E-state index in [1.165, 1.54) is 4.31 Å². The van der Waals surface area contributed by atoms with Gasteiger partial charge in [0.2, 0.25) is 0 Å². The third-order valence-electron chi connectivity index (χ3n) is 4.40. The number of carbonyl (C=O) groups is 1. The lowest BCUT2D eigenvalue weighted by atomic mass is 10.0. The van der Waals surface area contributed by atoms with Crippen LogP contribution in [0.1, 0.15) is 44.6 Å². The van der Waals surface area contributed by atoms with Gasteiger partial charge in [-0.1, -0.05) is 36.8 Å². The van der Waals surface area contributed by atoms with Crippen LogP contribution >= 0.6 is 0 Å². The van der Waals surface area contributed by atoms with E-state index in [-0.39, 0.29) is 18.9 Å². The molecule has 1 aromatic rings. The summed E-state index contributed by atoms with van der Waals surface area (Å²) in [5, 5.41) is 8.93. The van der Waals surface area contributed by atoms with Crippen LogP contribution in [0.5, 0.6) is 0 Å². The molecule has 2 rings (SSSR count). The molecule has 2 N–H and O–H groups in total. The van der Waals surface area contributed by atoms with Crippen molar-refractivity contribution >= 4 is 16.2 Å². The molecule has 1 heterocycles. The van der Waals surface area contributed by atoms with Crippen molar-refractivity contribution in [3.63, 3.8) is 0 Å². The summed E-state index contributed by atoms with van der Waals surface area (Å²) in [6, 6.07) is 9.08. The minimum atomic E-state index is -3.61. The van der Waals surface area contributed by atoms with Crippen LogP contribution in [0.2, 0.25) is 0 Å². The Kier molecular flexibility index (Phi) is 6.77. The van der Waals surface area contributed by atoms with Crippen LogP contribution < -0.4 is 4.72 Å². The lowest BCUT2D eigenvalue weighted by Gasteiger charge is -2.33. The normalized spacial score (nSPS) is 20.6. The Morgan fingerprint density at radius 2 is 2.04 bits per heavy atom. The summed E-state index contributed by atoms with van der Waals surface area (Å²) >= 11 is 0. The first-order chi connectivity index (χ1) is 11.4. The molecule has 1 aliphatic heterocycles. The second kappa shape index (κ2) is 8.60. The minimum Gasteiger partial charge on any atom is -0.481 e. The number of nitrogens with one attached hydrogen (secondary N) is 1. The molecule has 2 atom stereocenters. The van der Waals surface area contributed by atoms with Crippen molar-refractivity contribution in [3.05, 3.63) is 35.9 Å². The Bertz CT molecular complexity index is 633. The zero-order valence-electron chi connectivity index (χ0n) is 14.0. The third kappa shape index (κ3) is 5.58. The van der Waals surface area contributed by atoms with E-state index in [9.17, 15) is 13.2 Å². The number of benzene rings is 1. The largest absolute Gasteiger partial charge is 0.481 e. The molecule has 6 nitrogen and oxygen atoms in total. The highest BCUT2D eigenvalue weighted by Crippen LogP contribution is 2.20. The van der Waals surface area contributed by atoms with E-state index in [1.807, 2.05) is 37.3 Å². The molecule has 0 aromatic heterocycles. The van der Waals surface area contributed by atoms with E-state index in [2.05, 4.69) is 4.72 Å². The smallest absolute Gasteiger partial charge is 0.303 e. The summed E-state index contributed by atoms with van der Waals surface area (Å²) in [4.78, 5) is 10.9. The molecule has 7 heteroatoms. The number of hydrogen-bond acceptors (Lipinski definition) is 3. The minimum absolute atomic E-state index is 0.0203. The van der Waals surface area contributed by atoms with E-state index >= 15 is 0 Å². The van der Waals surface area contributed by atoms with Crippen LogP contribution in [-0.4, -0.2) is 42.4 Å². The van der Waals surface area contributed by atoms with Crippen molar-refractivity contribution in [1.29, 1.82) is 0 Å². The van der Waals surface area contributed by atoms with Crippen LogP contribution in [0, 0.1) is 0 Å². The lowest BCUT2D eigenvalue weighted by Crippen LogP contribution is -2.51. The van der Waals surface area contributed by atoms with Crippen molar-refractivity contribution in [1.82, 2.24) is 9.03 Å². The van der Waals surface area contributed by atoms with Gasteiger partial charge in [0, 0.05) is 25.0 Å². The van der Waals surface area contributed by atoms with Crippen molar-refractivity contribution in [2.24, 2.45) is 0 Å². The fourth-order valence-corrected chi connectivity index (χ4v) is 4.81. The van der Waals surface area contributed by atoms with Gasteiger partial charge in [0.15, 0.2) is 0 Å². The SMILES string of the molecule is CC1CCCCN1S(=O)(=O)NC(CCC(=O)O)Cc1ccccc1. The van der Waals surface area contributed by atoms with Crippen LogP contribution in [0.25, 0.3) is 0 Å². The highest BCUT2D eigenvalue weighted by atomic mass is 32.2. The van der Waals surface area contributed by atoms with Gasteiger partial charge in [0.25, 0.3) is 10.2 Å². The van der Waals surface area contributed by atoms with Gasteiger partial charge in [-0.15, -0.1) is 0 Å². The first kappa shape index (κ1) is 18.9. The monoisotopic (exact) mass is 354 g/mol. The quantitative estimate of drug-likeness (QED) is 0.749. The van der Waals surface area contributed by atoms with Gasteiger partial charge < -0.3 is 5.11 Å². The zero-order valence-corrected chi connectivity index (χ0v) is 14.8. The molecule has 0 amide bonds. The summed E-state index contributed by atoms with van der Waals surface area (Å²) < 4.78 is 29.7. The average Bonchev–Trinajstić information content (AvgIpc) is 2.53. The summed E-state index contributed by atoms with van der Waals surface area (Å²) in [5.74, 6) is -0.918. The van der Waals surface area contributed by atoms with Gasteiger partial charge >= 0.3 is 5.97 Å². The molecule has 1 aromatic carbocycles. The number of aliphatic carboxylic acids is 1. The highest BCUT2D eigenvalue weighted by molar-refractivity contribution is 7.87. The van der Waals surface area contributed by atoms with Gasteiger partial charge in [-0.25, -0.2) is 0 Å². The Balaban J connectivity index is 2.09. The third-order valence-corrected chi connectivity index (χ3v) is 6.19. The van der Waals surface area contributed by atoms with E-state index in [0.29, 0.717) is 13.0 Å². The van der Waals surface area contributed by atoms with E-state index < -0.39 is 22.2 Å². The van der Waals surface area contributed by atoms with Crippen LogP contribution in [0.3, 0.4) is 0 Å². The zero-order chi connectivity index (χ0) is 17.6. The number of carboxylic acids is 1. The van der Waals surface area contributed by atoms with E-state index in [1.54, 1.807) is 0 Å². The van der Waals surface area contributed by atoms with Crippen LogP contribution in [-0.2, 0) is 21.4 Å². The molecule has 134 valence electrons. The fraction of sp³-hybridized carbons (Fsp3) is 0.588. The maximum Gasteiger partial charge on any atom is 0.303 e. The summed E-state index contributed by atoms with van der Waals surface area (Å²) in [7, 11) is -3.61. The molecule has 1 aliphatic rings. The van der Waals surface area contributed by atoms with Crippen molar-refractivity contribution in [2.75, 3.05) is 6.54 Å². The summed E-state index contributed by atoms with van der Waals surface area (Å²) in [5.41, 5.74) is 0.988. The van der Waals surface area contributed by atoms with E-state index in [0.717, 1.165) is 24.8 Å². The number of nitrogens with zero attached hydrogens (tertiary/aromatic N) is 1. The van der Waals surface area contributed by atoms with Gasteiger partial charge in [0.1, 0.15) is 0 Å². The van der Waals surface area contributed by atoms with Gasteiger partial charge in [-0.3, -0.25) is 4.79 Å². The highest BCUT2D eigenvalue weighted by Gasteiger charge is 2.31. The molecular formula is C17H26N2O4S. The number of carboxylic acid groups (broad SMARTS) is 1. The Hall–Kier alpha value is -1.44. The van der Waals surface area contributed by atoms with Crippen LogP contribution in [0.4, 0.5) is 0 Å². The summed E-state index contributed by atoms with van der Waals surface area (Å²) in [6.45, 7) is 2.44. The topological polar surface area (TPSA) is 86.7 Å². The van der Waals surface area contributed by atoms with Gasteiger partial charge in [-0.05, 0) is 38.2 Å². The second-order valence-corrected chi connectivity index (χ2v) is 8.05. The van der Waals surface area contributed by atoms with Gasteiger partial charge in [0.05, 0.1) is 0 Å². The lowest BCUT2D eigenvalue weighted by molar-refractivity contribution is -0.137. The number of piperidine rings is 1. The molecule has 0 bridgehead atoms. The maximum absolute atomic E-state index is 12.7. The molecule has 1 saturated heterocycles. The van der Waals surface area contributed by atoms with Crippen molar-refractivity contribution in [2.45, 2.75) is 57.5 Å². The fourth-order valence-electron chi connectivity index (χ4n) is 3.11. The maximum atomic E-state index is 12.7. The predicted molar refractivity (Wildman–Crippen MR) is 92.9 cm³/mol. The first-order valence-electron chi connectivity index (χ1n) is 8.43. The molecule has 0 saturated carbocycles. The molecule has 0 spiro atoms. The molecule has 1 fully saturated rings. The van der Waals surface area contributed by atoms with Gasteiger partial charge in [-0.2, -0.15) is 17.4 Å². The second-order valence-electron chi connectivity index (χ2n) is 6.40. The average molecular weight is 354 g/mol. The predicted octanol–water partition coefficient (Wildman–Crippen LogP) is 2.17. The van der Waals surface area contributed by atoms with Crippen LogP contribution in [0.15, 0.2) is 30.3 Å². The van der Waals surface area contributed by atoms with E-state index in [4.69, 9.17) is 5.11 Å². The van der Waals surface area contributed by atoms with Crippen molar-refractivity contribution < 1.29 is 18.3 Å². The standard InChI is InChI=1S/C17H26N2O4S/c1-14-7-5-6-12-19(14)24(22,23)18-16(10-11-17(20)21)13-15-8-3-2-4-9-15/h2-4,8-9,14,16,18H,5-7,10-13H2,1H3,(H,20,21). The summed E-state index contributed by atoms with van der Waals surface area (Å²) in [6.07, 6.45) is 3.46. The number of hydrogen-bond donors (Lipinski definition) is 2. The molecular weight excluding hydrogens is 328 g/mol. The molecule has 2 unspecified atom stereocenters. The number of rotatable bonds is 8. The molecule has 0 aliphatic carbocycles. The van der Waals surface area contributed by atoms with Crippen molar-refractivity contribution in [3.8, 4) is 0 Å². The Morgan fingerprint density at radius 1 is 1.33 bits per heavy atom. The Morgan fingerprint density at radius 3 is 2.67 bits per heavy atom. The Labute approximate surface area is 144 Å². The molecule has 24 heavy (non-hydrogen) atoms.